The second-order valence-corrected chi connectivity index (χ2v) is 17.4. The van der Waals surface area contributed by atoms with Crippen LogP contribution in [0.5, 0.6) is 5.75 Å². The van der Waals surface area contributed by atoms with Crippen LogP contribution >= 0.6 is 0 Å². The third-order valence-corrected chi connectivity index (χ3v) is 15.0. The highest BCUT2D eigenvalue weighted by Gasteiger charge is 2.65. The van der Waals surface area contributed by atoms with Crippen LogP contribution in [0, 0.1) is 52.3 Å². The molecule has 2 aliphatic heterocycles. The molecular weight excluding hydrogens is 556 g/mol. The van der Waals surface area contributed by atoms with Crippen LogP contribution in [0.25, 0.3) is 0 Å². The lowest BCUT2D eigenvalue weighted by molar-refractivity contribution is -0.139. The van der Waals surface area contributed by atoms with Gasteiger partial charge in [-0.05, 0) is 141 Å². The van der Waals surface area contributed by atoms with Gasteiger partial charge in [-0.3, -0.25) is 0 Å². The predicted molar refractivity (Wildman–Crippen MR) is 182 cm³/mol. The van der Waals surface area contributed by atoms with Gasteiger partial charge in [0.25, 0.3) is 0 Å². The third kappa shape index (κ3) is 6.15. The Bertz CT molecular complexity index is 1130. The fourth-order valence-corrected chi connectivity index (χ4v) is 12.3. The van der Waals surface area contributed by atoms with E-state index in [1.54, 1.807) is 7.11 Å². The molecule has 6 fully saturated rings. The second-order valence-electron chi connectivity index (χ2n) is 17.4. The van der Waals surface area contributed by atoms with E-state index in [1.807, 2.05) is 0 Å². The SMILES string of the molecule is COc1ccc(CO[C@H]2CC[C@@]3(C)[C@H](CC[C@@H]4[C@@H]3CC[C@]3(C)[C@H]5[C@H](C)[C@@H](CC[C@H](C)CN6CCN(C)CC6)O[C@H]5C[C@@H]43)C2)cc1. The normalized spacial score (nSPS) is 44.1. The van der Waals surface area contributed by atoms with E-state index in [0.717, 1.165) is 47.9 Å². The zero-order valence-electron chi connectivity index (χ0n) is 29.5. The monoisotopic (exact) mass is 620 g/mol. The van der Waals surface area contributed by atoms with E-state index in [1.165, 1.54) is 102 Å². The summed E-state index contributed by atoms with van der Waals surface area (Å²) in [7, 11) is 3.99. The largest absolute Gasteiger partial charge is 0.497 e. The number of likely N-dealkylation sites (N-methyl/N-ethyl adjacent to an activating group) is 1. The molecule has 45 heavy (non-hydrogen) atoms. The molecule has 0 N–H and O–H groups in total. The van der Waals surface area contributed by atoms with Crippen LogP contribution in [0.1, 0.15) is 97.5 Å². The number of nitrogens with zero attached hydrogens (tertiary/aromatic N) is 2. The summed E-state index contributed by atoms with van der Waals surface area (Å²) in [5.74, 6) is 6.67. The summed E-state index contributed by atoms with van der Waals surface area (Å²) in [4.78, 5) is 5.16. The molecule has 0 amide bonds. The Hall–Kier alpha value is -1.14. The molecule has 12 atom stereocenters. The highest BCUT2D eigenvalue weighted by atomic mass is 16.5. The number of hydrogen-bond donors (Lipinski definition) is 0. The molecule has 0 aromatic heterocycles. The van der Waals surface area contributed by atoms with Gasteiger partial charge in [-0.1, -0.05) is 39.8 Å². The second kappa shape index (κ2) is 13.1. The first kappa shape index (κ1) is 32.4. The summed E-state index contributed by atoms with van der Waals surface area (Å²) in [6.07, 6.45) is 14.9. The van der Waals surface area contributed by atoms with Crippen LogP contribution in [0.2, 0.25) is 0 Å². The van der Waals surface area contributed by atoms with E-state index in [9.17, 15) is 0 Å². The molecule has 5 heteroatoms. The molecule has 0 unspecified atom stereocenters. The van der Waals surface area contributed by atoms with Crippen molar-refractivity contribution >= 4 is 0 Å². The van der Waals surface area contributed by atoms with Gasteiger partial charge in [0, 0.05) is 32.7 Å². The Morgan fingerprint density at radius 3 is 2.44 bits per heavy atom. The molecule has 0 bridgehead atoms. The lowest BCUT2D eigenvalue weighted by Crippen LogP contribution is -2.54. The predicted octanol–water partition coefficient (Wildman–Crippen LogP) is 7.92. The van der Waals surface area contributed by atoms with Gasteiger partial charge in [-0.25, -0.2) is 0 Å². The molecule has 252 valence electrons. The van der Waals surface area contributed by atoms with Gasteiger partial charge in [0.1, 0.15) is 5.75 Å². The van der Waals surface area contributed by atoms with E-state index in [2.05, 4.69) is 68.8 Å². The molecule has 1 aromatic rings. The summed E-state index contributed by atoms with van der Waals surface area (Å²) in [5.41, 5.74) is 2.23. The zero-order valence-corrected chi connectivity index (χ0v) is 29.5. The van der Waals surface area contributed by atoms with Gasteiger partial charge in [0.2, 0.25) is 0 Å². The summed E-state index contributed by atoms with van der Waals surface area (Å²) < 4.78 is 18.9. The smallest absolute Gasteiger partial charge is 0.118 e. The van der Waals surface area contributed by atoms with Gasteiger partial charge < -0.3 is 24.0 Å². The molecule has 1 aromatic carbocycles. The highest BCUT2D eigenvalue weighted by molar-refractivity contribution is 5.26. The van der Waals surface area contributed by atoms with Gasteiger partial charge in [0.05, 0.1) is 32.0 Å². The highest BCUT2D eigenvalue weighted by Crippen LogP contribution is 2.70. The van der Waals surface area contributed by atoms with E-state index in [0.29, 0.717) is 35.1 Å². The Morgan fingerprint density at radius 1 is 0.933 bits per heavy atom. The average molecular weight is 621 g/mol. The summed E-state index contributed by atoms with van der Waals surface area (Å²) >= 11 is 0. The number of piperazine rings is 1. The van der Waals surface area contributed by atoms with Gasteiger partial charge in [-0.15, -0.1) is 0 Å². The van der Waals surface area contributed by atoms with Crippen molar-refractivity contribution in [3.05, 3.63) is 29.8 Å². The fraction of sp³-hybridized carbons (Fsp3) is 0.850. The average Bonchev–Trinajstić information content (AvgIpc) is 3.52. The van der Waals surface area contributed by atoms with Crippen molar-refractivity contribution in [3.63, 3.8) is 0 Å². The number of hydrogen-bond acceptors (Lipinski definition) is 5. The molecule has 0 radical (unpaired) electrons. The van der Waals surface area contributed by atoms with Gasteiger partial charge in [0.15, 0.2) is 0 Å². The number of rotatable bonds is 9. The molecule has 5 nitrogen and oxygen atoms in total. The molecule has 7 rings (SSSR count). The zero-order chi connectivity index (χ0) is 31.3. The maximum absolute atomic E-state index is 7.07. The quantitative estimate of drug-likeness (QED) is 0.280. The van der Waals surface area contributed by atoms with Crippen LogP contribution in [-0.4, -0.2) is 75.0 Å². The van der Waals surface area contributed by atoms with Gasteiger partial charge in [-0.2, -0.15) is 0 Å². The van der Waals surface area contributed by atoms with E-state index in [4.69, 9.17) is 14.2 Å². The Balaban J connectivity index is 0.926. The van der Waals surface area contributed by atoms with Crippen molar-refractivity contribution in [2.75, 3.05) is 46.9 Å². The molecule has 2 saturated heterocycles. The Labute approximate surface area is 275 Å². The molecule has 0 spiro atoms. The lowest BCUT2D eigenvalue weighted by atomic mass is 9.44. The van der Waals surface area contributed by atoms with Crippen LogP contribution in [-0.2, 0) is 16.1 Å². The summed E-state index contributed by atoms with van der Waals surface area (Å²) in [6, 6.07) is 8.40. The van der Waals surface area contributed by atoms with Crippen LogP contribution in [0.4, 0.5) is 0 Å². The lowest BCUT2D eigenvalue weighted by Gasteiger charge is -2.61. The summed E-state index contributed by atoms with van der Waals surface area (Å²) in [6.45, 7) is 17.4. The van der Waals surface area contributed by atoms with Gasteiger partial charge >= 0.3 is 0 Å². The van der Waals surface area contributed by atoms with Crippen molar-refractivity contribution in [1.29, 1.82) is 0 Å². The minimum atomic E-state index is 0.414. The first-order chi connectivity index (χ1) is 21.7. The van der Waals surface area contributed by atoms with Crippen molar-refractivity contribution < 1.29 is 14.2 Å². The van der Waals surface area contributed by atoms with E-state index in [-0.39, 0.29) is 0 Å². The van der Waals surface area contributed by atoms with Crippen molar-refractivity contribution in [2.24, 2.45) is 52.3 Å². The minimum Gasteiger partial charge on any atom is -0.497 e. The first-order valence-corrected chi connectivity index (χ1v) is 19.0. The molecule has 4 saturated carbocycles. The number of ether oxygens (including phenoxy) is 3. The van der Waals surface area contributed by atoms with Crippen molar-refractivity contribution in [1.82, 2.24) is 9.80 Å². The minimum absolute atomic E-state index is 0.414. The van der Waals surface area contributed by atoms with Crippen LogP contribution in [0.15, 0.2) is 24.3 Å². The first-order valence-electron chi connectivity index (χ1n) is 19.0. The Morgan fingerprint density at radius 2 is 1.69 bits per heavy atom. The van der Waals surface area contributed by atoms with E-state index >= 15 is 0 Å². The molecular formula is C40H64N2O3. The maximum atomic E-state index is 7.07. The number of benzene rings is 1. The van der Waals surface area contributed by atoms with E-state index < -0.39 is 0 Å². The standard InChI is InChI=1S/C40H64N2O3/c1-27(25-42-21-19-41(5)20-22-42)7-14-36-28(2)38-37(45-36)24-35-33-13-10-30-23-32(44-26-29-8-11-31(43-6)12-9-29)15-17-39(30,3)34(33)16-18-40(35,38)4/h8-9,11-12,27-28,30,32-38H,7,10,13-26H2,1-6H3/t27-,28+,30+,32-,33+,34-,35-,36+,37-,38-,39-,40-/m0/s1. The Kier molecular flexibility index (Phi) is 9.40. The maximum Gasteiger partial charge on any atom is 0.118 e. The van der Waals surface area contributed by atoms with Crippen LogP contribution < -0.4 is 4.74 Å². The molecule has 2 heterocycles. The number of fused-ring (bicyclic) bond motifs is 7. The van der Waals surface area contributed by atoms with Crippen molar-refractivity contribution in [2.45, 2.75) is 117 Å². The third-order valence-electron chi connectivity index (χ3n) is 15.0. The topological polar surface area (TPSA) is 34.2 Å². The molecule has 4 aliphatic carbocycles. The van der Waals surface area contributed by atoms with Crippen LogP contribution in [0.3, 0.4) is 0 Å². The fourth-order valence-electron chi connectivity index (χ4n) is 12.3. The molecule has 6 aliphatic rings. The summed E-state index contributed by atoms with van der Waals surface area (Å²) in [5, 5.41) is 0. The number of methoxy groups -OCH3 is 1. The van der Waals surface area contributed by atoms with Crippen molar-refractivity contribution in [3.8, 4) is 5.75 Å².